The fourth-order valence-electron chi connectivity index (χ4n) is 2.33. The molecule has 134 valence electrons. The lowest BCUT2D eigenvalue weighted by molar-refractivity contribution is 0.0901. The number of rotatable bonds is 5. The first-order valence-electron chi connectivity index (χ1n) is 7.38. The first-order valence-corrected chi connectivity index (χ1v) is 8.52. The van der Waals surface area contributed by atoms with Crippen LogP contribution in [0.3, 0.4) is 0 Å². The molecule has 0 aliphatic heterocycles. The molecule has 0 aliphatic rings. The molecule has 1 heterocycles. The number of ether oxygens (including phenoxy) is 1. The molecule has 2 aromatic carbocycles. The topological polar surface area (TPSA) is 95.9 Å². The summed E-state index contributed by atoms with van der Waals surface area (Å²) in [4.78, 5) is 12.5. The van der Waals surface area contributed by atoms with Gasteiger partial charge in [0, 0.05) is 16.1 Å². The zero-order valence-electron chi connectivity index (χ0n) is 13.1. The summed E-state index contributed by atoms with van der Waals surface area (Å²) >= 11 is 18.4. The molecule has 1 unspecified atom stereocenters. The minimum Gasteiger partial charge on any atom is -0.439 e. The van der Waals surface area contributed by atoms with Crippen molar-refractivity contribution in [3.63, 3.8) is 0 Å². The van der Waals surface area contributed by atoms with Gasteiger partial charge < -0.3 is 10.5 Å². The SMILES string of the molecule is NC(=O)OC(Cn1nnc(-c2cccc(Cl)c2Cl)n1)c1ccccc1Cl. The van der Waals surface area contributed by atoms with E-state index in [0.29, 0.717) is 26.2 Å². The number of hydrogen-bond acceptors (Lipinski definition) is 5. The Kier molecular flexibility index (Phi) is 5.61. The number of halogens is 3. The smallest absolute Gasteiger partial charge is 0.405 e. The second-order valence-electron chi connectivity index (χ2n) is 5.22. The fourth-order valence-corrected chi connectivity index (χ4v) is 2.97. The standard InChI is InChI=1S/C16H12Cl3N5O2/c17-11-6-2-1-4-9(11)13(26-16(20)25)8-24-22-15(21-23-24)10-5-3-7-12(18)14(10)19/h1-7,13H,8H2,(H2,20,25). The van der Waals surface area contributed by atoms with Gasteiger partial charge in [0.05, 0.1) is 10.0 Å². The number of carbonyl (C=O) groups excluding carboxylic acids is 1. The Morgan fingerprint density at radius 2 is 1.85 bits per heavy atom. The molecule has 0 saturated heterocycles. The number of nitrogens with zero attached hydrogens (tertiary/aromatic N) is 4. The molecule has 7 nitrogen and oxygen atoms in total. The van der Waals surface area contributed by atoms with E-state index >= 15 is 0 Å². The van der Waals surface area contributed by atoms with Crippen LogP contribution in [-0.2, 0) is 11.3 Å². The van der Waals surface area contributed by atoms with E-state index in [1.807, 2.05) is 0 Å². The normalized spacial score (nSPS) is 12.0. The van der Waals surface area contributed by atoms with Gasteiger partial charge in [-0.05, 0) is 23.4 Å². The third kappa shape index (κ3) is 4.07. The average Bonchev–Trinajstić information content (AvgIpc) is 3.05. The Labute approximate surface area is 163 Å². The summed E-state index contributed by atoms with van der Waals surface area (Å²) < 4.78 is 5.16. The molecule has 1 atom stereocenters. The van der Waals surface area contributed by atoms with Crippen molar-refractivity contribution in [2.24, 2.45) is 5.73 Å². The van der Waals surface area contributed by atoms with Crippen molar-refractivity contribution < 1.29 is 9.53 Å². The van der Waals surface area contributed by atoms with E-state index in [2.05, 4.69) is 15.4 Å². The van der Waals surface area contributed by atoms with Crippen LogP contribution in [0, 0.1) is 0 Å². The van der Waals surface area contributed by atoms with Gasteiger partial charge in [-0.3, -0.25) is 0 Å². The van der Waals surface area contributed by atoms with Crippen molar-refractivity contribution in [3.8, 4) is 11.4 Å². The Balaban J connectivity index is 1.89. The molecule has 0 fully saturated rings. The highest BCUT2D eigenvalue weighted by Crippen LogP contribution is 2.31. The maximum Gasteiger partial charge on any atom is 0.405 e. The third-order valence-corrected chi connectivity index (χ3v) is 4.65. The summed E-state index contributed by atoms with van der Waals surface area (Å²) in [6.07, 6.45) is -1.72. The second-order valence-corrected chi connectivity index (χ2v) is 6.41. The number of tetrazole rings is 1. The molecule has 0 bridgehead atoms. The maximum atomic E-state index is 11.3. The van der Waals surface area contributed by atoms with Gasteiger partial charge in [0.2, 0.25) is 5.82 Å². The van der Waals surface area contributed by atoms with Gasteiger partial charge in [-0.2, -0.15) is 4.80 Å². The van der Waals surface area contributed by atoms with Gasteiger partial charge in [-0.15, -0.1) is 10.2 Å². The highest BCUT2D eigenvalue weighted by Gasteiger charge is 2.21. The lowest BCUT2D eigenvalue weighted by Crippen LogP contribution is -2.22. The van der Waals surface area contributed by atoms with Crippen LogP contribution >= 0.6 is 34.8 Å². The van der Waals surface area contributed by atoms with Crippen LogP contribution in [-0.4, -0.2) is 26.3 Å². The number of nitrogens with two attached hydrogens (primary N) is 1. The molecule has 26 heavy (non-hydrogen) atoms. The third-order valence-electron chi connectivity index (χ3n) is 3.48. The van der Waals surface area contributed by atoms with E-state index < -0.39 is 12.2 Å². The molecule has 3 aromatic rings. The van der Waals surface area contributed by atoms with Gasteiger partial charge in [0.15, 0.2) is 6.10 Å². The quantitative estimate of drug-likeness (QED) is 0.679. The first-order chi connectivity index (χ1) is 12.5. The molecular weight excluding hydrogens is 401 g/mol. The Bertz CT molecular complexity index is 947. The highest BCUT2D eigenvalue weighted by atomic mass is 35.5. The van der Waals surface area contributed by atoms with E-state index in [1.54, 1.807) is 42.5 Å². The van der Waals surface area contributed by atoms with Crippen LogP contribution in [0.5, 0.6) is 0 Å². The monoisotopic (exact) mass is 411 g/mol. The van der Waals surface area contributed by atoms with Gasteiger partial charge in [-0.1, -0.05) is 59.1 Å². The van der Waals surface area contributed by atoms with Crippen molar-refractivity contribution in [3.05, 3.63) is 63.1 Å². The van der Waals surface area contributed by atoms with E-state index in [4.69, 9.17) is 45.3 Å². The summed E-state index contributed by atoms with van der Waals surface area (Å²) in [5.74, 6) is 0.287. The van der Waals surface area contributed by atoms with E-state index in [0.717, 1.165) is 0 Å². The van der Waals surface area contributed by atoms with Crippen molar-refractivity contribution in [1.82, 2.24) is 20.2 Å². The molecule has 0 radical (unpaired) electrons. The summed E-state index contributed by atoms with van der Waals surface area (Å²) in [6.45, 7) is 0.0673. The van der Waals surface area contributed by atoms with E-state index in [-0.39, 0.29) is 12.4 Å². The largest absolute Gasteiger partial charge is 0.439 e. The summed E-state index contributed by atoms with van der Waals surface area (Å²) in [7, 11) is 0. The Morgan fingerprint density at radius 1 is 1.12 bits per heavy atom. The number of hydrogen-bond donors (Lipinski definition) is 1. The number of carbonyl (C=O) groups is 1. The summed E-state index contributed by atoms with van der Waals surface area (Å²) in [6, 6.07) is 12.0. The minimum atomic E-state index is -0.937. The molecular formula is C16H12Cl3N5O2. The molecule has 0 aliphatic carbocycles. The fraction of sp³-hybridized carbons (Fsp3) is 0.125. The second kappa shape index (κ2) is 7.90. The van der Waals surface area contributed by atoms with Crippen molar-refractivity contribution in [1.29, 1.82) is 0 Å². The van der Waals surface area contributed by atoms with Crippen LogP contribution < -0.4 is 5.73 Å². The molecule has 2 N–H and O–H groups in total. The molecule has 0 spiro atoms. The average molecular weight is 413 g/mol. The number of benzene rings is 2. The molecule has 3 rings (SSSR count). The molecule has 1 aromatic heterocycles. The van der Waals surface area contributed by atoms with Gasteiger partial charge in [0.1, 0.15) is 6.54 Å². The molecule has 1 amide bonds. The van der Waals surface area contributed by atoms with Crippen LogP contribution in [0.2, 0.25) is 15.1 Å². The van der Waals surface area contributed by atoms with Crippen molar-refractivity contribution >= 4 is 40.9 Å². The molecule has 0 saturated carbocycles. The van der Waals surface area contributed by atoms with Crippen molar-refractivity contribution in [2.45, 2.75) is 12.6 Å². The predicted molar refractivity (Wildman–Crippen MR) is 98.1 cm³/mol. The maximum absolute atomic E-state index is 11.3. The first kappa shape index (κ1) is 18.4. The summed E-state index contributed by atoms with van der Waals surface area (Å²) in [5.41, 5.74) is 6.28. The number of amides is 1. The van der Waals surface area contributed by atoms with Gasteiger partial charge in [0.25, 0.3) is 0 Å². The van der Waals surface area contributed by atoms with Crippen LogP contribution in [0.4, 0.5) is 4.79 Å². The summed E-state index contributed by atoms with van der Waals surface area (Å²) in [5, 5.41) is 13.3. The van der Waals surface area contributed by atoms with Crippen LogP contribution in [0.15, 0.2) is 42.5 Å². The minimum absolute atomic E-state index is 0.0673. The van der Waals surface area contributed by atoms with Gasteiger partial charge >= 0.3 is 6.09 Å². The Morgan fingerprint density at radius 3 is 2.58 bits per heavy atom. The lowest BCUT2D eigenvalue weighted by Gasteiger charge is -2.17. The highest BCUT2D eigenvalue weighted by molar-refractivity contribution is 6.43. The van der Waals surface area contributed by atoms with E-state index in [1.165, 1.54) is 4.80 Å². The van der Waals surface area contributed by atoms with Crippen LogP contribution in [0.1, 0.15) is 11.7 Å². The predicted octanol–water partition coefficient (Wildman–Crippen LogP) is 4.14. The lowest BCUT2D eigenvalue weighted by atomic mass is 10.1. The number of primary amides is 1. The zero-order valence-corrected chi connectivity index (χ0v) is 15.4. The van der Waals surface area contributed by atoms with Gasteiger partial charge in [-0.25, -0.2) is 4.79 Å². The van der Waals surface area contributed by atoms with Crippen LogP contribution in [0.25, 0.3) is 11.4 Å². The molecule has 10 heteroatoms. The van der Waals surface area contributed by atoms with E-state index in [9.17, 15) is 4.79 Å². The zero-order chi connectivity index (χ0) is 18.7. The number of aromatic nitrogens is 4. The van der Waals surface area contributed by atoms with Crippen molar-refractivity contribution in [2.75, 3.05) is 0 Å². The Hall–Kier alpha value is -2.35.